The summed E-state index contributed by atoms with van der Waals surface area (Å²) in [4.78, 5) is 3.57. The average Bonchev–Trinajstić information content (AvgIpc) is 1.61. The maximum Gasteiger partial charge on any atom is 0.181 e. The van der Waals surface area contributed by atoms with Gasteiger partial charge in [0.15, 0.2) is 6.79 Å². The summed E-state index contributed by atoms with van der Waals surface area (Å²) in [5.41, 5.74) is 0. The Morgan fingerprint density at radius 1 is 1.50 bits per heavy atom. The van der Waals surface area contributed by atoms with E-state index in [1.165, 1.54) is 0 Å². The lowest BCUT2D eigenvalue weighted by Crippen LogP contribution is -1.92. The van der Waals surface area contributed by atoms with E-state index < -0.39 is 6.79 Å². The summed E-state index contributed by atoms with van der Waals surface area (Å²) in [7, 11) is 0. The molecule has 2 N–H and O–H groups in total. The third-order valence-electron chi connectivity index (χ3n) is 0.131. The van der Waals surface area contributed by atoms with Gasteiger partial charge in [0.25, 0.3) is 0 Å². The quantitative estimate of drug-likeness (QED) is 0.210. The summed E-state index contributed by atoms with van der Waals surface area (Å²) < 4.78 is 0. The smallest absolute Gasteiger partial charge is 0.181 e. The van der Waals surface area contributed by atoms with Gasteiger partial charge < -0.3 is 5.11 Å². The molecule has 6 heavy (non-hydrogen) atoms. The van der Waals surface area contributed by atoms with Crippen LogP contribution in [0.1, 0.15) is 0 Å². The number of rotatable bonds is 3. The molecule has 0 aliphatic heterocycles. The monoisotopic (exact) mass is 96.0 g/mol. The molecule has 0 fully saturated rings. The van der Waals surface area contributed by atoms with Crippen molar-refractivity contribution in [3.63, 3.8) is 0 Å². The topological polar surface area (TPSA) is 68.2 Å². The Kier molecular flexibility index (Phi) is 4.64. The zero-order chi connectivity index (χ0) is 4.83. The molecule has 0 aromatic rings. The molecule has 0 spiro atoms. The van der Waals surface area contributed by atoms with E-state index in [1.54, 1.807) is 0 Å². The molecule has 0 saturated carbocycles. The van der Waals surface area contributed by atoms with E-state index >= 15 is 0 Å². The van der Waals surface area contributed by atoms with Gasteiger partial charge in [-0.25, -0.2) is 5.26 Å². The highest BCUT2D eigenvalue weighted by atomic mass is 17.6. The van der Waals surface area contributed by atoms with Crippen LogP contribution in [0.3, 0.4) is 0 Å². The molecule has 0 atom stereocenters. The molecule has 0 aliphatic rings. The maximum absolute atomic E-state index is 7.66. The molecule has 0 amide bonds. The number of aliphatic hydroxyl groups excluding tert-OH is 1. The van der Waals surface area contributed by atoms with Crippen LogP contribution in [0.25, 0.3) is 0 Å². The van der Waals surface area contributed by atoms with Crippen LogP contribution in [-0.4, -0.2) is 17.2 Å². The van der Waals surface area contributed by atoms with E-state index in [1.807, 2.05) is 0 Å². The van der Waals surface area contributed by atoms with Crippen molar-refractivity contribution in [2.45, 2.75) is 0 Å². The van der Waals surface area contributed by atoms with E-state index in [0.717, 1.165) is 0 Å². The fourth-order valence-corrected chi connectivity index (χ4v) is 0.0430. The Hall–Kier alpha value is -0.200. The SMILES string of the molecule is OCOOOO. The second-order valence-corrected chi connectivity index (χ2v) is 0.390. The second-order valence-electron chi connectivity index (χ2n) is 0.390. The standard InChI is InChI=1S/CH4O5/c2-1-4-6-5-3/h2-3H,1H2. The minimum Gasteiger partial charge on any atom is -0.368 e. The normalized spacial score (nSPS) is 9.00. The van der Waals surface area contributed by atoms with Gasteiger partial charge in [0.1, 0.15) is 0 Å². The van der Waals surface area contributed by atoms with Crippen molar-refractivity contribution < 1.29 is 25.3 Å². The second kappa shape index (κ2) is 4.80. The molecular weight excluding hydrogens is 92.0 g/mol. The minimum absolute atomic E-state index is 0.652. The van der Waals surface area contributed by atoms with Gasteiger partial charge in [-0.2, -0.15) is 4.89 Å². The van der Waals surface area contributed by atoms with Crippen LogP contribution in [0.2, 0.25) is 0 Å². The summed E-state index contributed by atoms with van der Waals surface area (Å²) in [6, 6.07) is 0. The largest absolute Gasteiger partial charge is 0.368 e. The van der Waals surface area contributed by atoms with Gasteiger partial charge >= 0.3 is 0 Å². The van der Waals surface area contributed by atoms with Crippen molar-refractivity contribution in [2.75, 3.05) is 6.79 Å². The Morgan fingerprint density at radius 2 is 2.17 bits per heavy atom. The van der Waals surface area contributed by atoms with Crippen LogP contribution in [0, 0.1) is 0 Å². The Balaban J connectivity index is 2.34. The predicted molar refractivity (Wildman–Crippen MR) is 13.0 cm³/mol. The maximum atomic E-state index is 7.66. The number of hydrogen-bond acceptors (Lipinski definition) is 5. The van der Waals surface area contributed by atoms with Crippen molar-refractivity contribution in [3.05, 3.63) is 0 Å². The van der Waals surface area contributed by atoms with Gasteiger partial charge in [0.05, 0.1) is 0 Å². The minimum atomic E-state index is -0.652. The zero-order valence-electron chi connectivity index (χ0n) is 2.83. The van der Waals surface area contributed by atoms with E-state index in [0.29, 0.717) is 0 Å². The first-order chi connectivity index (χ1) is 2.91. The molecule has 5 nitrogen and oxygen atoms in total. The highest BCUT2D eigenvalue weighted by Crippen LogP contribution is 1.69. The Labute approximate surface area is 33.5 Å². The lowest BCUT2D eigenvalue weighted by molar-refractivity contribution is -0.630. The fourth-order valence-electron chi connectivity index (χ4n) is 0.0430. The molecule has 5 heteroatoms. The molecule has 0 rings (SSSR count). The van der Waals surface area contributed by atoms with Gasteiger partial charge in [0.2, 0.25) is 0 Å². The lowest BCUT2D eigenvalue weighted by Gasteiger charge is -1.87. The summed E-state index contributed by atoms with van der Waals surface area (Å²) >= 11 is 0. The van der Waals surface area contributed by atoms with Gasteiger partial charge in [-0.15, -0.1) is 0 Å². The van der Waals surface area contributed by atoms with E-state index in [9.17, 15) is 0 Å². The molecule has 0 aromatic heterocycles. The van der Waals surface area contributed by atoms with Crippen LogP contribution in [0.15, 0.2) is 0 Å². The molecule has 38 valence electrons. The molecule has 0 aromatic carbocycles. The van der Waals surface area contributed by atoms with Crippen molar-refractivity contribution in [1.29, 1.82) is 0 Å². The van der Waals surface area contributed by atoms with Crippen molar-refractivity contribution >= 4 is 0 Å². The van der Waals surface area contributed by atoms with Crippen molar-refractivity contribution in [3.8, 4) is 0 Å². The average molecular weight is 96.0 g/mol. The third-order valence-corrected chi connectivity index (χ3v) is 0.131. The highest BCUT2D eigenvalue weighted by Gasteiger charge is 1.75. The first-order valence-corrected chi connectivity index (χ1v) is 1.12. The van der Waals surface area contributed by atoms with E-state index in [2.05, 4.69) is 15.0 Å². The van der Waals surface area contributed by atoms with Crippen LogP contribution in [0.4, 0.5) is 0 Å². The highest BCUT2D eigenvalue weighted by molar-refractivity contribution is 3.61. The molecule has 0 radical (unpaired) electrons. The van der Waals surface area contributed by atoms with Crippen LogP contribution >= 0.6 is 0 Å². The van der Waals surface area contributed by atoms with E-state index in [4.69, 9.17) is 10.4 Å². The molecule has 0 saturated heterocycles. The van der Waals surface area contributed by atoms with E-state index in [-0.39, 0.29) is 0 Å². The number of aliphatic hydroxyl groups is 1. The Morgan fingerprint density at radius 3 is 2.33 bits per heavy atom. The van der Waals surface area contributed by atoms with Gasteiger partial charge in [-0.3, -0.25) is 0 Å². The van der Waals surface area contributed by atoms with Crippen LogP contribution in [0.5, 0.6) is 0 Å². The summed E-state index contributed by atoms with van der Waals surface area (Å²) in [5.74, 6) is 0. The Bertz CT molecular complexity index is 15.9. The van der Waals surface area contributed by atoms with Crippen LogP contribution < -0.4 is 0 Å². The predicted octanol–water partition coefficient (Wildman–Crippen LogP) is -0.711. The third kappa shape index (κ3) is 3.80. The van der Waals surface area contributed by atoms with Crippen molar-refractivity contribution in [1.82, 2.24) is 0 Å². The summed E-state index contributed by atoms with van der Waals surface area (Å²) in [6.45, 7) is -0.652. The first kappa shape index (κ1) is 5.80. The van der Waals surface area contributed by atoms with Crippen molar-refractivity contribution in [2.24, 2.45) is 0 Å². The molecule has 0 bridgehead atoms. The van der Waals surface area contributed by atoms with Crippen LogP contribution in [-0.2, 0) is 15.0 Å². The molecular formula is CH4O5. The van der Waals surface area contributed by atoms with Gasteiger partial charge in [-0.1, -0.05) is 0 Å². The first-order valence-electron chi connectivity index (χ1n) is 1.12. The zero-order valence-corrected chi connectivity index (χ0v) is 2.83. The van der Waals surface area contributed by atoms with Gasteiger partial charge in [-0.05, 0) is 10.1 Å². The molecule has 0 aliphatic carbocycles. The summed E-state index contributed by atoms with van der Waals surface area (Å²) in [5, 5.41) is 21.1. The lowest BCUT2D eigenvalue weighted by atomic mass is 11.5. The fraction of sp³-hybridized carbons (Fsp3) is 1.00. The number of hydrogen-bond donors (Lipinski definition) is 2. The van der Waals surface area contributed by atoms with Gasteiger partial charge in [0, 0.05) is 0 Å². The molecule has 0 heterocycles. The molecule has 0 unspecified atom stereocenters. The summed E-state index contributed by atoms with van der Waals surface area (Å²) in [6.07, 6.45) is 0.